The molecule has 0 saturated carbocycles. The number of likely N-dealkylation sites (tertiary alicyclic amines) is 2. The van der Waals surface area contributed by atoms with Crippen LogP contribution in [0.3, 0.4) is 0 Å². The van der Waals surface area contributed by atoms with Crippen LogP contribution in [0, 0.1) is 5.82 Å². The van der Waals surface area contributed by atoms with Gasteiger partial charge in [-0.05, 0) is 62.9 Å². The summed E-state index contributed by atoms with van der Waals surface area (Å²) in [4.78, 5) is 17.0. The van der Waals surface area contributed by atoms with E-state index in [-0.39, 0.29) is 23.7 Å². The van der Waals surface area contributed by atoms with E-state index in [1.54, 1.807) is 6.07 Å². The highest BCUT2D eigenvalue weighted by molar-refractivity contribution is 5.78. The maximum absolute atomic E-state index is 13.3. The van der Waals surface area contributed by atoms with Gasteiger partial charge in [-0.25, -0.2) is 4.39 Å². The van der Waals surface area contributed by atoms with E-state index in [9.17, 15) is 9.18 Å². The van der Waals surface area contributed by atoms with E-state index >= 15 is 0 Å². The second-order valence-electron chi connectivity index (χ2n) is 7.78. The van der Waals surface area contributed by atoms with Gasteiger partial charge in [-0.1, -0.05) is 12.1 Å². The predicted octanol–water partition coefficient (Wildman–Crippen LogP) is 2.61. The second kappa shape index (κ2) is 7.04. The van der Waals surface area contributed by atoms with Crippen molar-refractivity contribution in [3.8, 4) is 0 Å². The van der Waals surface area contributed by atoms with Crippen molar-refractivity contribution in [1.29, 1.82) is 0 Å². The summed E-state index contributed by atoms with van der Waals surface area (Å²) in [5, 5.41) is 0. The normalized spacial score (nSPS) is 26.4. The molecule has 1 aromatic carbocycles. The van der Waals surface area contributed by atoms with Gasteiger partial charge in [0.15, 0.2) is 0 Å². The zero-order valence-electron chi connectivity index (χ0n) is 14.8. The molecular weight excluding hydrogens is 319 g/mol. The molecule has 0 radical (unpaired) electrons. The first-order valence-corrected chi connectivity index (χ1v) is 9.54. The summed E-state index contributed by atoms with van der Waals surface area (Å²) in [6.45, 7) is 4.77. The molecule has 1 amide bonds. The quantitative estimate of drug-likeness (QED) is 0.843. The zero-order valence-corrected chi connectivity index (χ0v) is 14.8. The van der Waals surface area contributed by atoms with Crippen molar-refractivity contribution >= 4 is 5.91 Å². The summed E-state index contributed by atoms with van der Waals surface area (Å²) in [5.41, 5.74) is 0.722. The molecule has 4 nitrogen and oxygen atoms in total. The lowest BCUT2D eigenvalue weighted by molar-refractivity contribution is -0.135. The van der Waals surface area contributed by atoms with Crippen molar-refractivity contribution < 1.29 is 13.9 Å². The van der Waals surface area contributed by atoms with Crippen LogP contribution in [0.5, 0.6) is 0 Å². The number of nitrogens with zero attached hydrogens (tertiary/aromatic N) is 2. The summed E-state index contributed by atoms with van der Waals surface area (Å²) >= 11 is 0. The minimum absolute atomic E-state index is 0.0249. The van der Waals surface area contributed by atoms with Gasteiger partial charge in [0, 0.05) is 19.1 Å². The molecule has 0 aliphatic carbocycles. The molecule has 3 saturated heterocycles. The van der Waals surface area contributed by atoms with Crippen LogP contribution in [-0.4, -0.2) is 60.1 Å². The fourth-order valence-electron chi connectivity index (χ4n) is 4.61. The van der Waals surface area contributed by atoms with Crippen LogP contribution < -0.4 is 0 Å². The lowest BCUT2D eigenvalue weighted by Gasteiger charge is -2.39. The largest absolute Gasteiger partial charge is 0.373 e. The Hall–Kier alpha value is -1.46. The highest BCUT2D eigenvalue weighted by Crippen LogP contribution is 2.38. The third-order valence-electron chi connectivity index (χ3n) is 6.12. The number of carbonyl (C=O) groups is 1. The number of amides is 1. The van der Waals surface area contributed by atoms with Crippen LogP contribution in [0.15, 0.2) is 24.3 Å². The van der Waals surface area contributed by atoms with E-state index in [4.69, 9.17) is 4.74 Å². The Labute approximate surface area is 148 Å². The molecule has 1 spiro atoms. The van der Waals surface area contributed by atoms with E-state index in [0.717, 1.165) is 44.5 Å². The SMILES string of the molecule is O=C(Cc1cccc(F)c1)N1CCC2(CC1)C[C@@H](N1CCCC1)CO2. The zero-order chi connectivity index (χ0) is 17.3. The number of hydrogen-bond donors (Lipinski definition) is 0. The summed E-state index contributed by atoms with van der Waals surface area (Å²) in [6.07, 6.45) is 5.86. The van der Waals surface area contributed by atoms with E-state index < -0.39 is 0 Å². The van der Waals surface area contributed by atoms with Gasteiger partial charge >= 0.3 is 0 Å². The number of halogens is 1. The number of ether oxygens (including phenoxy) is 1. The first-order chi connectivity index (χ1) is 12.1. The van der Waals surface area contributed by atoms with Crippen LogP contribution in [0.1, 0.15) is 37.7 Å². The summed E-state index contributed by atoms with van der Waals surface area (Å²) < 4.78 is 19.5. The number of hydrogen-bond acceptors (Lipinski definition) is 3. The van der Waals surface area contributed by atoms with Crippen molar-refractivity contribution in [2.24, 2.45) is 0 Å². The molecular formula is C20H27FN2O2. The maximum atomic E-state index is 13.3. The molecule has 25 heavy (non-hydrogen) atoms. The van der Waals surface area contributed by atoms with Crippen LogP contribution >= 0.6 is 0 Å². The molecule has 0 bridgehead atoms. The minimum Gasteiger partial charge on any atom is -0.373 e. The molecule has 1 atom stereocenters. The van der Waals surface area contributed by atoms with Gasteiger partial charge in [0.05, 0.1) is 18.6 Å². The molecule has 3 aliphatic heterocycles. The molecule has 1 aromatic rings. The van der Waals surface area contributed by atoms with Gasteiger partial charge in [0.1, 0.15) is 5.82 Å². The monoisotopic (exact) mass is 346 g/mol. The predicted molar refractivity (Wildman–Crippen MR) is 93.8 cm³/mol. The third-order valence-corrected chi connectivity index (χ3v) is 6.12. The Bertz CT molecular complexity index is 622. The lowest BCUT2D eigenvalue weighted by Crippen LogP contribution is -2.47. The van der Waals surface area contributed by atoms with Gasteiger partial charge in [-0.15, -0.1) is 0 Å². The van der Waals surface area contributed by atoms with Gasteiger partial charge in [0.2, 0.25) is 5.91 Å². The highest BCUT2D eigenvalue weighted by atomic mass is 19.1. The molecule has 4 rings (SSSR count). The molecule has 136 valence electrons. The van der Waals surface area contributed by atoms with E-state index in [0.29, 0.717) is 6.04 Å². The standard InChI is InChI=1S/C20H27FN2O2/c21-17-5-3-4-16(12-17)13-19(24)23-10-6-20(7-11-23)14-18(15-25-20)22-8-1-2-9-22/h3-5,12,18H,1-2,6-11,13-15H2/t18-/m1/s1. The third kappa shape index (κ3) is 3.72. The van der Waals surface area contributed by atoms with Crippen molar-refractivity contribution in [1.82, 2.24) is 9.80 Å². The Morgan fingerprint density at radius 2 is 1.96 bits per heavy atom. The minimum atomic E-state index is -0.282. The lowest BCUT2D eigenvalue weighted by atomic mass is 9.87. The molecule has 3 aliphatic rings. The van der Waals surface area contributed by atoms with Gasteiger partial charge in [-0.3, -0.25) is 9.69 Å². The molecule has 0 unspecified atom stereocenters. The van der Waals surface area contributed by atoms with Crippen molar-refractivity contribution in [2.45, 2.75) is 50.2 Å². The van der Waals surface area contributed by atoms with Crippen LogP contribution in [0.25, 0.3) is 0 Å². The molecule has 0 aromatic heterocycles. The Morgan fingerprint density at radius 1 is 1.20 bits per heavy atom. The Morgan fingerprint density at radius 3 is 2.68 bits per heavy atom. The van der Waals surface area contributed by atoms with Gasteiger partial charge in [0.25, 0.3) is 0 Å². The number of piperidine rings is 1. The fourth-order valence-corrected chi connectivity index (χ4v) is 4.61. The summed E-state index contributed by atoms with van der Waals surface area (Å²) in [7, 11) is 0. The summed E-state index contributed by atoms with van der Waals surface area (Å²) in [6, 6.07) is 6.90. The van der Waals surface area contributed by atoms with Crippen LogP contribution in [0.2, 0.25) is 0 Å². The molecule has 3 fully saturated rings. The number of carbonyl (C=O) groups excluding carboxylic acids is 1. The fraction of sp³-hybridized carbons (Fsp3) is 0.650. The highest BCUT2D eigenvalue weighted by Gasteiger charge is 2.45. The van der Waals surface area contributed by atoms with E-state index in [1.165, 1.54) is 38.1 Å². The van der Waals surface area contributed by atoms with E-state index in [1.807, 2.05) is 11.0 Å². The second-order valence-corrected chi connectivity index (χ2v) is 7.78. The van der Waals surface area contributed by atoms with Crippen LogP contribution in [-0.2, 0) is 16.0 Å². The first-order valence-electron chi connectivity index (χ1n) is 9.54. The van der Waals surface area contributed by atoms with Gasteiger partial charge < -0.3 is 9.64 Å². The average molecular weight is 346 g/mol. The first kappa shape index (κ1) is 17.0. The van der Waals surface area contributed by atoms with Crippen LogP contribution in [0.4, 0.5) is 4.39 Å². The average Bonchev–Trinajstić information content (AvgIpc) is 3.26. The smallest absolute Gasteiger partial charge is 0.226 e. The van der Waals surface area contributed by atoms with Crippen molar-refractivity contribution in [2.75, 3.05) is 32.8 Å². The Balaban J connectivity index is 1.30. The molecule has 3 heterocycles. The Kier molecular flexibility index (Phi) is 4.78. The van der Waals surface area contributed by atoms with Gasteiger partial charge in [-0.2, -0.15) is 0 Å². The number of rotatable bonds is 3. The molecule has 5 heteroatoms. The topological polar surface area (TPSA) is 32.8 Å². The van der Waals surface area contributed by atoms with Crippen molar-refractivity contribution in [3.63, 3.8) is 0 Å². The molecule has 0 N–H and O–H groups in total. The maximum Gasteiger partial charge on any atom is 0.226 e. The van der Waals surface area contributed by atoms with Crippen molar-refractivity contribution in [3.05, 3.63) is 35.6 Å². The summed E-state index contributed by atoms with van der Waals surface area (Å²) in [5.74, 6) is -0.190. The number of benzene rings is 1. The van der Waals surface area contributed by atoms with E-state index in [2.05, 4.69) is 4.90 Å².